The van der Waals surface area contributed by atoms with Crippen LogP contribution in [0, 0.1) is 0 Å². The molecule has 0 unspecified atom stereocenters. The van der Waals surface area contributed by atoms with Crippen molar-refractivity contribution < 1.29 is 28.7 Å². The molecule has 3 rings (SSSR count). The number of esters is 2. The lowest BCUT2D eigenvalue weighted by Gasteiger charge is -2.34. The van der Waals surface area contributed by atoms with E-state index in [9.17, 15) is 19.2 Å². The molecule has 1 fully saturated rings. The van der Waals surface area contributed by atoms with Crippen LogP contribution in [-0.4, -0.2) is 80.5 Å². The highest BCUT2D eigenvalue weighted by molar-refractivity contribution is 6.30. The van der Waals surface area contributed by atoms with Crippen molar-refractivity contribution in [3.05, 3.63) is 64.2 Å². The summed E-state index contributed by atoms with van der Waals surface area (Å²) in [7, 11) is 2.45. The lowest BCUT2D eigenvalue weighted by atomic mass is 10.1. The van der Waals surface area contributed by atoms with Crippen molar-refractivity contribution in [2.24, 2.45) is 0 Å². The minimum Gasteiger partial charge on any atom is -0.465 e. The van der Waals surface area contributed by atoms with Crippen molar-refractivity contribution in [1.29, 1.82) is 0 Å². The molecular formula is C23H24ClN3O6. The Hall–Kier alpha value is -3.43. The molecule has 2 aromatic carbocycles. The number of nitrogens with one attached hydrogen (secondary N) is 1. The maximum absolute atomic E-state index is 12.6. The standard InChI is InChI=1S/C23H24ClN3O6/c1-32-22(30)16-10-17(23(31)33-2)13-19(12-16)25-20(28)14-26-6-8-27(9-7-26)21(29)15-4-3-5-18(24)11-15/h3-5,10-13H,6-9,14H2,1-2H3,(H,25,28). The van der Waals surface area contributed by atoms with Crippen LogP contribution < -0.4 is 5.32 Å². The van der Waals surface area contributed by atoms with Crippen LogP contribution >= 0.6 is 11.6 Å². The Morgan fingerprint density at radius 1 is 0.879 bits per heavy atom. The van der Waals surface area contributed by atoms with Gasteiger partial charge in [0.15, 0.2) is 0 Å². The molecule has 174 valence electrons. The van der Waals surface area contributed by atoms with Crippen LogP contribution in [0.5, 0.6) is 0 Å². The van der Waals surface area contributed by atoms with Gasteiger partial charge in [0.1, 0.15) is 0 Å². The van der Waals surface area contributed by atoms with E-state index >= 15 is 0 Å². The Morgan fingerprint density at radius 2 is 1.48 bits per heavy atom. The van der Waals surface area contributed by atoms with E-state index in [1.165, 1.54) is 32.4 Å². The van der Waals surface area contributed by atoms with Gasteiger partial charge in [-0.1, -0.05) is 17.7 Å². The number of ether oxygens (including phenoxy) is 2. The fourth-order valence-electron chi connectivity index (χ4n) is 3.49. The molecule has 0 bridgehead atoms. The average Bonchev–Trinajstić information content (AvgIpc) is 2.82. The summed E-state index contributed by atoms with van der Waals surface area (Å²) in [4.78, 5) is 52.7. The number of piperazine rings is 1. The molecule has 0 radical (unpaired) electrons. The average molecular weight is 474 g/mol. The van der Waals surface area contributed by atoms with E-state index in [1.54, 1.807) is 29.2 Å². The van der Waals surface area contributed by atoms with Crippen molar-refractivity contribution >= 4 is 41.0 Å². The molecule has 33 heavy (non-hydrogen) atoms. The quantitative estimate of drug-likeness (QED) is 0.642. The summed E-state index contributed by atoms with van der Waals surface area (Å²) < 4.78 is 9.40. The van der Waals surface area contributed by atoms with Crippen LogP contribution in [0.3, 0.4) is 0 Å². The van der Waals surface area contributed by atoms with Gasteiger partial charge in [0, 0.05) is 42.5 Å². The summed E-state index contributed by atoms with van der Waals surface area (Å²) in [5, 5.41) is 3.21. The number of rotatable bonds is 6. The highest BCUT2D eigenvalue weighted by Gasteiger charge is 2.24. The van der Waals surface area contributed by atoms with Crippen LogP contribution in [0.25, 0.3) is 0 Å². The molecule has 0 aromatic heterocycles. The zero-order valence-electron chi connectivity index (χ0n) is 18.3. The Balaban J connectivity index is 1.59. The number of carbonyl (C=O) groups excluding carboxylic acids is 4. The molecule has 2 aromatic rings. The molecule has 0 saturated carbocycles. The zero-order valence-corrected chi connectivity index (χ0v) is 19.1. The third-order valence-corrected chi connectivity index (χ3v) is 5.39. The van der Waals surface area contributed by atoms with Gasteiger partial charge in [0.05, 0.1) is 31.9 Å². The second-order valence-electron chi connectivity index (χ2n) is 7.41. The van der Waals surface area contributed by atoms with Crippen molar-refractivity contribution in [3.8, 4) is 0 Å². The zero-order chi connectivity index (χ0) is 24.0. The van der Waals surface area contributed by atoms with Crippen LogP contribution in [0.1, 0.15) is 31.1 Å². The smallest absolute Gasteiger partial charge is 0.337 e. The maximum Gasteiger partial charge on any atom is 0.337 e. The fourth-order valence-corrected chi connectivity index (χ4v) is 3.68. The van der Waals surface area contributed by atoms with Crippen molar-refractivity contribution in [2.45, 2.75) is 0 Å². The minimum absolute atomic E-state index is 0.0925. The molecule has 1 saturated heterocycles. The fraction of sp³-hybridized carbons (Fsp3) is 0.304. The molecule has 0 spiro atoms. The third-order valence-electron chi connectivity index (χ3n) is 5.16. The second kappa shape index (κ2) is 10.9. The Morgan fingerprint density at radius 3 is 2.03 bits per heavy atom. The van der Waals surface area contributed by atoms with Gasteiger partial charge in [0.2, 0.25) is 5.91 Å². The SMILES string of the molecule is COC(=O)c1cc(NC(=O)CN2CCN(C(=O)c3cccc(Cl)c3)CC2)cc(C(=O)OC)c1. The molecule has 1 aliphatic heterocycles. The van der Waals surface area contributed by atoms with E-state index in [4.69, 9.17) is 21.1 Å². The van der Waals surface area contributed by atoms with E-state index in [1.807, 2.05) is 4.90 Å². The van der Waals surface area contributed by atoms with Crippen LogP contribution in [0.4, 0.5) is 5.69 Å². The maximum atomic E-state index is 12.6. The number of anilines is 1. The monoisotopic (exact) mass is 473 g/mol. The molecule has 9 nitrogen and oxygen atoms in total. The van der Waals surface area contributed by atoms with Crippen LogP contribution in [0.2, 0.25) is 5.02 Å². The number of halogens is 1. The predicted molar refractivity (Wildman–Crippen MR) is 122 cm³/mol. The van der Waals surface area contributed by atoms with E-state index in [0.717, 1.165) is 0 Å². The third kappa shape index (κ3) is 6.30. The Labute approximate surface area is 196 Å². The molecule has 10 heteroatoms. The van der Waals surface area contributed by atoms with Gasteiger partial charge in [-0.3, -0.25) is 14.5 Å². The van der Waals surface area contributed by atoms with Gasteiger partial charge in [-0.2, -0.15) is 0 Å². The minimum atomic E-state index is -0.642. The summed E-state index contributed by atoms with van der Waals surface area (Å²) in [5.74, 6) is -1.70. The first-order valence-corrected chi connectivity index (χ1v) is 10.6. The topological polar surface area (TPSA) is 105 Å². The van der Waals surface area contributed by atoms with Gasteiger partial charge in [0.25, 0.3) is 5.91 Å². The molecule has 1 heterocycles. The normalized spacial score (nSPS) is 13.8. The number of methoxy groups -OCH3 is 2. The van der Waals surface area contributed by atoms with Gasteiger partial charge < -0.3 is 19.7 Å². The highest BCUT2D eigenvalue weighted by atomic mass is 35.5. The van der Waals surface area contributed by atoms with Crippen molar-refractivity contribution in [1.82, 2.24) is 9.80 Å². The molecule has 0 atom stereocenters. The van der Waals surface area contributed by atoms with E-state index < -0.39 is 11.9 Å². The summed E-state index contributed by atoms with van der Waals surface area (Å²) in [5.41, 5.74) is 1.03. The van der Waals surface area contributed by atoms with Crippen LogP contribution in [0.15, 0.2) is 42.5 Å². The summed E-state index contributed by atoms with van der Waals surface area (Å²) in [6, 6.07) is 11.0. The summed E-state index contributed by atoms with van der Waals surface area (Å²) in [6.07, 6.45) is 0. The summed E-state index contributed by atoms with van der Waals surface area (Å²) in [6.45, 7) is 2.09. The van der Waals surface area contributed by atoms with Gasteiger partial charge >= 0.3 is 11.9 Å². The van der Waals surface area contributed by atoms with Crippen molar-refractivity contribution in [3.63, 3.8) is 0 Å². The van der Waals surface area contributed by atoms with Gasteiger partial charge in [-0.25, -0.2) is 9.59 Å². The number of nitrogens with zero attached hydrogens (tertiary/aromatic N) is 2. The molecule has 0 aliphatic carbocycles. The highest BCUT2D eigenvalue weighted by Crippen LogP contribution is 2.18. The van der Waals surface area contributed by atoms with E-state index in [0.29, 0.717) is 36.8 Å². The Kier molecular flexibility index (Phi) is 8.02. The van der Waals surface area contributed by atoms with E-state index in [-0.39, 0.29) is 35.2 Å². The second-order valence-corrected chi connectivity index (χ2v) is 7.85. The lowest BCUT2D eigenvalue weighted by molar-refractivity contribution is -0.117. The summed E-state index contributed by atoms with van der Waals surface area (Å²) >= 11 is 5.97. The number of hydrogen-bond acceptors (Lipinski definition) is 7. The number of amides is 2. The molecular weight excluding hydrogens is 450 g/mol. The number of carbonyl (C=O) groups is 4. The lowest BCUT2D eigenvalue weighted by Crippen LogP contribution is -2.50. The van der Waals surface area contributed by atoms with Crippen LogP contribution in [-0.2, 0) is 14.3 Å². The largest absolute Gasteiger partial charge is 0.465 e. The van der Waals surface area contributed by atoms with Crippen molar-refractivity contribution in [2.75, 3.05) is 52.3 Å². The number of benzene rings is 2. The first-order chi connectivity index (χ1) is 15.8. The first-order valence-electron chi connectivity index (χ1n) is 10.2. The number of hydrogen-bond donors (Lipinski definition) is 1. The van der Waals surface area contributed by atoms with E-state index in [2.05, 4.69) is 5.32 Å². The molecule has 1 aliphatic rings. The Bertz CT molecular complexity index is 1030. The van der Waals surface area contributed by atoms with Gasteiger partial charge in [-0.05, 0) is 36.4 Å². The molecule has 1 N–H and O–H groups in total. The predicted octanol–water partition coefficient (Wildman–Crippen LogP) is 2.31. The van der Waals surface area contributed by atoms with Gasteiger partial charge in [-0.15, -0.1) is 0 Å². The first kappa shape index (κ1) is 24.2. The molecule has 2 amide bonds.